The van der Waals surface area contributed by atoms with Crippen molar-refractivity contribution in [3.05, 3.63) is 29.3 Å². The first-order valence-corrected chi connectivity index (χ1v) is 8.53. The summed E-state index contributed by atoms with van der Waals surface area (Å²) in [6.07, 6.45) is 1.07. The smallest absolute Gasteiger partial charge is 0.305 e. The van der Waals surface area contributed by atoms with Crippen LogP contribution < -0.4 is 4.90 Å². The van der Waals surface area contributed by atoms with Crippen molar-refractivity contribution in [3.8, 4) is 0 Å². The van der Waals surface area contributed by atoms with Crippen LogP contribution in [0.5, 0.6) is 0 Å². The van der Waals surface area contributed by atoms with Crippen molar-refractivity contribution in [1.82, 2.24) is 4.90 Å². The van der Waals surface area contributed by atoms with Gasteiger partial charge in [0.2, 0.25) is 11.8 Å². The molecule has 0 N–H and O–H groups in total. The van der Waals surface area contributed by atoms with Gasteiger partial charge in [-0.15, -0.1) is 0 Å². The summed E-state index contributed by atoms with van der Waals surface area (Å²) in [6, 6.07) is 5.86. The van der Waals surface area contributed by atoms with Crippen LogP contribution in [0.25, 0.3) is 0 Å². The van der Waals surface area contributed by atoms with E-state index < -0.39 is 0 Å². The summed E-state index contributed by atoms with van der Waals surface area (Å²) in [5, 5.41) is 0. The van der Waals surface area contributed by atoms with Crippen LogP contribution in [-0.4, -0.2) is 49.9 Å². The molecular formula is C19H26N2O4. The summed E-state index contributed by atoms with van der Waals surface area (Å²) in [4.78, 5) is 39.5. The van der Waals surface area contributed by atoms with Gasteiger partial charge in [-0.05, 0) is 37.5 Å². The van der Waals surface area contributed by atoms with Crippen LogP contribution in [-0.2, 0) is 19.1 Å². The van der Waals surface area contributed by atoms with E-state index in [1.165, 1.54) is 7.11 Å². The number of hydrogen-bond acceptors (Lipinski definition) is 4. The minimum absolute atomic E-state index is 0.0185. The van der Waals surface area contributed by atoms with Crippen molar-refractivity contribution in [1.29, 1.82) is 0 Å². The Labute approximate surface area is 148 Å². The quantitative estimate of drug-likeness (QED) is 0.740. The molecule has 0 bridgehead atoms. The van der Waals surface area contributed by atoms with Gasteiger partial charge in [0.1, 0.15) is 0 Å². The highest BCUT2D eigenvalue weighted by atomic mass is 16.5. The number of nitrogens with zero attached hydrogens (tertiary/aromatic N) is 2. The van der Waals surface area contributed by atoms with Crippen LogP contribution in [0, 0.1) is 19.8 Å². The first-order chi connectivity index (χ1) is 11.8. The predicted octanol–water partition coefficient (Wildman–Crippen LogP) is 2.07. The Morgan fingerprint density at radius 3 is 2.72 bits per heavy atom. The van der Waals surface area contributed by atoms with Gasteiger partial charge < -0.3 is 14.5 Å². The number of carbonyl (C=O) groups excluding carboxylic acids is 3. The van der Waals surface area contributed by atoms with Crippen LogP contribution in [0.1, 0.15) is 30.4 Å². The fourth-order valence-corrected chi connectivity index (χ4v) is 3.12. The molecule has 1 fully saturated rings. The monoisotopic (exact) mass is 346 g/mol. The predicted molar refractivity (Wildman–Crippen MR) is 95.3 cm³/mol. The molecule has 136 valence electrons. The summed E-state index contributed by atoms with van der Waals surface area (Å²) in [5.74, 6) is -0.686. The van der Waals surface area contributed by atoms with Gasteiger partial charge in [0.25, 0.3) is 0 Å². The van der Waals surface area contributed by atoms with Crippen molar-refractivity contribution in [2.24, 2.45) is 5.92 Å². The Hall–Kier alpha value is -2.37. The number of carbonyl (C=O) groups is 3. The van der Waals surface area contributed by atoms with E-state index in [1.54, 1.807) is 16.8 Å². The highest BCUT2D eigenvalue weighted by Crippen LogP contribution is 2.30. The summed E-state index contributed by atoms with van der Waals surface area (Å²) in [7, 11) is 3.06. The molecule has 1 saturated heterocycles. The number of rotatable bonds is 6. The molecule has 1 atom stereocenters. The van der Waals surface area contributed by atoms with Gasteiger partial charge in [0.05, 0.1) is 13.0 Å². The van der Waals surface area contributed by atoms with E-state index in [4.69, 9.17) is 0 Å². The molecule has 6 nitrogen and oxygen atoms in total. The van der Waals surface area contributed by atoms with Gasteiger partial charge >= 0.3 is 5.97 Å². The number of methoxy groups -OCH3 is 1. The van der Waals surface area contributed by atoms with Crippen molar-refractivity contribution in [2.75, 3.05) is 32.1 Å². The van der Waals surface area contributed by atoms with Gasteiger partial charge in [-0.3, -0.25) is 14.4 Å². The zero-order valence-electron chi connectivity index (χ0n) is 15.4. The molecule has 0 spiro atoms. The largest absolute Gasteiger partial charge is 0.469 e. The molecule has 2 amide bonds. The highest BCUT2D eigenvalue weighted by Gasteiger charge is 2.36. The molecule has 1 unspecified atom stereocenters. The number of anilines is 1. The Bertz CT molecular complexity index is 671. The number of esters is 1. The lowest BCUT2D eigenvalue weighted by Gasteiger charge is -2.22. The molecule has 2 rings (SSSR count). The van der Waals surface area contributed by atoms with Gasteiger partial charge in [-0.1, -0.05) is 12.1 Å². The molecular weight excluding hydrogens is 320 g/mol. The normalized spacial score (nSPS) is 16.9. The number of ether oxygens (including phenoxy) is 1. The Morgan fingerprint density at radius 2 is 2.04 bits per heavy atom. The molecule has 0 radical (unpaired) electrons. The number of aryl methyl sites for hydroxylation is 1. The van der Waals surface area contributed by atoms with E-state index in [1.807, 2.05) is 32.0 Å². The number of hydrogen-bond donors (Lipinski definition) is 0. The number of amides is 2. The van der Waals surface area contributed by atoms with E-state index >= 15 is 0 Å². The fraction of sp³-hybridized carbons (Fsp3) is 0.526. The van der Waals surface area contributed by atoms with Crippen LogP contribution in [0.2, 0.25) is 0 Å². The second kappa shape index (κ2) is 8.14. The zero-order valence-corrected chi connectivity index (χ0v) is 15.4. The average Bonchev–Trinajstić information content (AvgIpc) is 2.97. The van der Waals surface area contributed by atoms with E-state index in [-0.39, 0.29) is 36.5 Å². The van der Waals surface area contributed by atoms with Crippen LogP contribution in [0.15, 0.2) is 18.2 Å². The molecule has 1 heterocycles. The molecule has 1 aromatic rings. The summed E-state index contributed by atoms with van der Waals surface area (Å²) in [6.45, 7) is 4.88. The topological polar surface area (TPSA) is 66.9 Å². The third kappa shape index (κ3) is 4.38. The average molecular weight is 346 g/mol. The minimum atomic E-state index is -0.337. The Morgan fingerprint density at radius 1 is 1.32 bits per heavy atom. The maximum Gasteiger partial charge on any atom is 0.305 e. The van der Waals surface area contributed by atoms with Crippen molar-refractivity contribution in [3.63, 3.8) is 0 Å². The molecule has 1 aliphatic rings. The molecule has 6 heteroatoms. The first-order valence-electron chi connectivity index (χ1n) is 8.53. The van der Waals surface area contributed by atoms with Crippen molar-refractivity contribution < 1.29 is 19.1 Å². The van der Waals surface area contributed by atoms with E-state index in [0.717, 1.165) is 16.8 Å². The molecule has 0 aliphatic carbocycles. The lowest BCUT2D eigenvalue weighted by Crippen LogP contribution is -2.35. The second-order valence-corrected chi connectivity index (χ2v) is 6.56. The maximum atomic E-state index is 12.6. The van der Waals surface area contributed by atoms with E-state index in [9.17, 15) is 14.4 Å². The summed E-state index contributed by atoms with van der Waals surface area (Å²) in [5.41, 5.74) is 3.07. The highest BCUT2D eigenvalue weighted by molar-refractivity contribution is 6.00. The standard InChI is InChI=1S/C19H26N2O4/c1-13-7-5-8-16(14(13)2)21-12-15(11-17(21)22)19(24)20(3)10-6-9-18(23)25-4/h5,7-8,15H,6,9-12H2,1-4H3. The summed E-state index contributed by atoms with van der Waals surface area (Å²) >= 11 is 0. The molecule has 0 aromatic heterocycles. The Kier molecular flexibility index (Phi) is 6.17. The second-order valence-electron chi connectivity index (χ2n) is 6.56. The van der Waals surface area contributed by atoms with Gasteiger partial charge in [0.15, 0.2) is 0 Å². The third-order valence-electron chi connectivity index (χ3n) is 4.82. The lowest BCUT2D eigenvalue weighted by molar-refractivity contribution is -0.141. The van der Waals surface area contributed by atoms with Crippen molar-refractivity contribution in [2.45, 2.75) is 33.1 Å². The van der Waals surface area contributed by atoms with E-state index in [2.05, 4.69) is 4.74 Å². The molecule has 25 heavy (non-hydrogen) atoms. The minimum Gasteiger partial charge on any atom is -0.469 e. The van der Waals surface area contributed by atoms with Gasteiger partial charge in [-0.25, -0.2) is 0 Å². The Balaban J connectivity index is 1.98. The summed E-state index contributed by atoms with van der Waals surface area (Å²) < 4.78 is 4.60. The maximum absolute atomic E-state index is 12.6. The van der Waals surface area contributed by atoms with E-state index in [0.29, 0.717) is 19.5 Å². The fourth-order valence-electron chi connectivity index (χ4n) is 3.12. The van der Waals surface area contributed by atoms with Gasteiger partial charge in [-0.2, -0.15) is 0 Å². The molecule has 1 aromatic carbocycles. The van der Waals surface area contributed by atoms with Crippen LogP contribution in [0.3, 0.4) is 0 Å². The first kappa shape index (κ1) is 19.0. The van der Waals surface area contributed by atoms with Crippen LogP contribution in [0.4, 0.5) is 5.69 Å². The number of benzene rings is 1. The molecule has 0 saturated carbocycles. The molecule has 1 aliphatic heterocycles. The third-order valence-corrected chi connectivity index (χ3v) is 4.82. The van der Waals surface area contributed by atoms with Gasteiger partial charge in [0, 0.05) is 38.7 Å². The lowest BCUT2D eigenvalue weighted by atomic mass is 10.1. The van der Waals surface area contributed by atoms with Crippen molar-refractivity contribution >= 4 is 23.5 Å². The SMILES string of the molecule is COC(=O)CCCN(C)C(=O)C1CC(=O)N(c2cccc(C)c2C)C1. The zero-order chi connectivity index (χ0) is 18.6. The van der Waals surface area contributed by atoms with Crippen LogP contribution >= 0.6 is 0 Å².